The molecule has 0 N–H and O–H groups in total. The lowest BCUT2D eigenvalue weighted by Gasteiger charge is -2.14. The highest BCUT2D eigenvalue weighted by atomic mass is 31.1. The van der Waals surface area contributed by atoms with Crippen molar-refractivity contribution in [1.29, 1.82) is 0 Å². The maximum absolute atomic E-state index is 14.1. The molecule has 0 aliphatic rings. The summed E-state index contributed by atoms with van der Waals surface area (Å²) in [4.78, 5) is 28.0. The molecule has 4 aromatic rings. The standard InChI is InChI=1S/C30H26O3P/c1-19-11-8-12-20(2)26(19)29(31)24-17-10-18-25(34(33)23-15-6-5-7-16-23)28(24)30(32)27-21(3)13-9-14-22(27)4/h5-18H,1-4H3/q+1. The van der Waals surface area contributed by atoms with Crippen LogP contribution in [0, 0.1) is 27.7 Å². The van der Waals surface area contributed by atoms with Gasteiger partial charge in [-0.3, -0.25) is 9.59 Å². The van der Waals surface area contributed by atoms with Gasteiger partial charge in [0.15, 0.2) is 16.9 Å². The zero-order valence-electron chi connectivity index (χ0n) is 19.8. The van der Waals surface area contributed by atoms with Crippen LogP contribution in [0.1, 0.15) is 54.1 Å². The van der Waals surface area contributed by atoms with Gasteiger partial charge in [0.2, 0.25) is 5.30 Å². The smallest absolute Gasteiger partial charge is 0.289 e. The molecule has 0 spiro atoms. The molecule has 0 aliphatic heterocycles. The zero-order valence-corrected chi connectivity index (χ0v) is 20.6. The molecular formula is C30H26O3P+. The minimum atomic E-state index is -2.08. The molecule has 3 nitrogen and oxygen atoms in total. The zero-order chi connectivity index (χ0) is 24.4. The summed E-state index contributed by atoms with van der Waals surface area (Å²) in [6.07, 6.45) is 0. The highest BCUT2D eigenvalue weighted by Crippen LogP contribution is 2.29. The molecule has 4 heteroatoms. The van der Waals surface area contributed by atoms with E-state index in [4.69, 9.17) is 0 Å². The van der Waals surface area contributed by atoms with Crippen molar-refractivity contribution in [1.82, 2.24) is 0 Å². The van der Waals surface area contributed by atoms with Crippen molar-refractivity contribution in [2.75, 3.05) is 0 Å². The first kappa shape index (κ1) is 23.5. The first-order valence-electron chi connectivity index (χ1n) is 11.2. The maximum Gasteiger partial charge on any atom is 0.416 e. The van der Waals surface area contributed by atoms with Crippen molar-refractivity contribution in [3.8, 4) is 0 Å². The quantitative estimate of drug-likeness (QED) is 0.253. The molecule has 4 rings (SSSR count). The SMILES string of the molecule is Cc1cccc(C)c1C(=O)c1cccc([P+](=O)c2ccccc2)c1C(=O)c1c(C)cccc1C. The van der Waals surface area contributed by atoms with Gasteiger partial charge in [0.1, 0.15) is 0 Å². The summed E-state index contributed by atoms with van der Waals surface area (Å²) in [5.41, 5.74) is 4.94. The number of hydrogen-bond donors (Lipinski definition) is 0. The second-order valence-corrected chi connectivity index (χ2v) is 10.1. The Morgan fingerprint density at radius 3 is 1.53 bits per heavy atom. The molecule has 0 saturated carbocycles. The fourth-order valence-electron chi connectivity index (χ4n) is 4.44. The minimum Gasteiger partial charge on any atom is -0.289 e. The van der Waals surface area contributed by atoms with Gasteiger partial charge in [0.05, 0.1) is 5.56 Å². The van der Waals surface area contributed by atoms with Crippen LogP contribution >= 0.6 is 7.80 Å². The molecule has 1 unspecified atom stereocenters. The molecule has 0 fully saturated rings. The monoisotopic (exact) mass is 465 g/mol. The van der Waals surface area contributed by atoms with E-state index in [1.165, 1.54) is 0 Å². The van der Waals surface area contributed by atoms with Gasteiger partial charge in [0, 0.05) is 16.7 Å². The van der Waals surface area contributed by atoms with Crippen molar-refractivity contribution in [2.24, 2.45) is 0 Å². The summed E-state index contributed by atoms with van der Waals surface area (Å²) < 4.78 is 13.7. The topological polar surface area (TPSA) is 51.2 Å². The average molecular weight is 466 g/mol. The van der Waals surface area contributed by atoms with Crippen LogP contribution in [0.4, 0.5) is 0 Å². The normalized spacial score (nSPS) is 11.2. The number of aryl methyl sites for hydroxylation is 4. The predicted octanol–water partition coefficient (Wildman–Crippen LogP) is 6.16. The molecule has 0 aliphatic carbocycles. The second kappa shape index (κ2) is 9.67. The van der Waals surface area contributed by atoms with Gasteiger partial charge >= 0.3 is 7.80 Å². The third kappa shape index (κ3) is 4.27. The van der Waals surface area contributed by atoms with E-state index in [-0.39, 0.29) is 22.7 Å². The summed E-state index contributed by atoms with van der Waals surface area (Å²) in [5.74, 6) is -0.511. The van der Waals surface area contributed by atoms with Gasteiger partial charge in [-0.05, 0) is 74.2 Å². The molecule has 0 saturated heterocycles. The average Bonchev–Trinajstić information content (AvgIpc) is 2.83. The van der Waals surface area contributed by atoms with E-state index >= 15 is 0 Å². The Bertz CT molecular complexity index is 1390. The van der Waals surface area contributed by atoms with Gasteiger partial charge in [-0.2, -0.15) is 0 Å². The predicted molar refractivity (Wildman–Crippen MR) is 138 cm³/mol. The number of benzene rings is 4. The summed E-state index contributed by atoms with van der Waals surface area (Å²) >= 11 is 0. The number of hydrogen-bond acceptors (Lipinski definition) is 3. The second-order valence-electron chi connectivity index (χ2n) is 8.52. The fourth-order valence-corrected chi connectivity index (χ4v) is 5.81. The van der Waals surface area contributed by atoms with Gasteiger partial charge < -0.3 is 0 Å². The number of carbonyl (C=O) groups excluding carboxylic acids is 2. The van der Waals surface area contributed by atoms with E-state index in [1.54, 1.807) is 30.3 Å². The highest BCUT2D eigenvalue weighted by molar-refractivity contribution is 7.61. The first-order chi connectivity index (χ1) is 16.3. The van der Waals surface area contributed by atoms with Gasteiger partial charge in [-0.25, -0.2) is 0 Å². The van der Waals surface area contributed by atoms with Crippen LogP contribution < -0.4 is 10.6 Å². The first-order valence-corrected chi connectivity index (χ1v) is 12.4. The largest absolute Gasteiger partial charge is 0.416 e. The van der Waals surface area contributed by atoms with Crippen molar-refractivity contribution >= 4 is 30.0 Å². The van der Waals surface area contributed by atoms with E-state index in [0.29, 0.717) is 21.7 Å². The van der Waals surface area contributed by atoms with Crippen LogP contribution in [-0.4, -0.2) is 11.6 Å². The van der Waals surface area contributed by atoms with E-state index in [9.17, 15) is 14.2 Å². The van der Waals surface area contributed by atoms with Crippen LogP contribution in [0.2, 0.25) is 0 Å². The Morgan fingerprint density at radius 1 is 0.529 bits per heavy atom. The summed E-state index contributed by atoms with van der Waals surface area (Å²) in [5, 5.41) is 0.996. The Morgan fingerprint density at radius 2 is 1.00 bits per heavy atom. The van der Waals surface area contributed by atoms with Gasteiger partial charge in [0.25, 0.3) is 0 Å². The Balaban J connectivity index is 2.00. The minimum absolute atomic E-state index is 0.220. The van der Waals surface area contributed by atoms with Gasteiger partial charge in [-0.15, -0.1) is 0 Å². The summed E-state index contributed by atoms with van der Waals surface area (Å²) in [6.45, 7) is 7.54. The third-order valence-electron chi connectivity index (χ3n) is 6.14. The van der Waals surface area contributed by atoms with Crippen molar-refractivity contribution in [3.05, 3.63) is 129 Å². The van der Waals surface area contributed by atoms with E-state index in [2.05, 4.69) is 0 Å². The van der Waals surface area contributed by atoms with Crippen LogP contribution in [0.5, 0.6) is 0 Å². The van der Waals surface area contributed by atoms with Crippen molar-refractivity contribution < 1.29 is 14.2 Å². The van der Waals surface area contributed by atoms with Gasteiger partial charge in [-0.1, -0.05) is 65.2 Å². The summed E-state index contributed by atoms with van der Waals surface area (Å²) in [7, 11) is -2.08. The molecule has 0 bridgehead atoms. The molecule has 0 aromatic heterocycles. The fraction of sp³-hybridized carbons (Fsp3) is 0.133. The van der Waals surface area contributed by atoms with Crippen molar-refractivity contribution in [2.45, 2.75) is 27.7 Å². The van der Waals surface area contributed by atoms with Crippen LogP contribution in [0.3, 0.4) is 0 Å². The van der Waals surface area contributed by atoms with Crippen molar-refractivity contribution in [3.63, 3.8) is 0 Å². The Labute approximate surface area is 201 Å². The molecule has 4 aromatic carbocycles. The third-order valence-corrected chi connectivity index (χ3v) is 7.72. The molecule has 0 amide bonds. The Hall–Kier alpha value is -3.68. The summed E-state index contributed by atoms with van der Waals surface area (Å²) in [6, 6.07) is 25.5. The lowest BCUT2D eigenvalue weighted by atomic mass is 9.88. The van der Waals surface area contributed by atoms with E-state index < -0.39 is 7.80 Å². The number of carbonyl (C=O) groups is 2. The lowest BCUT2D eigenvalue weighted by molar-refractivity contribution is 0.100. The van der Waals surface area contributed by atoms with E-state index in [1.807, 2.05) is 82.3 Å². The van der Waals surface area contributed by atoms with Crippen LogP contribution in [0.25, 0.3) is 0 Å². The molecule has 0 radical (unpaired) electrons. The number of ketones is 2. The maximum atomic E-state index is 14.1. The van der Waals surface area contributed by atoms with Crippen LogP contribution in [0.15, 0.2) is 84.9 Å². The molecule has 1 atom stereocenters. The molecular weight excluding hydrogens is 439 g/mol. The molecule has 0 heterocycles. The van der Waals surface area contributed by atoms with Crippen LogP contribution in [-0.2, 0) is 4.57 Å². The Kier molecular flexibility index (Phi) is 6.68. The number of rotatable bonds is 6. The highest BCUT2D eigenvalue weighted by Gasteiger charge is 2.35. The molecule has 34 heavy (non-hydrogen) atoms. The molecule has 168 valence electrons. The van der Waals surface area contributed by atoms with E-state index in [0.717, 1.165) is 22.3 Å². The lowest BCUT2D eigenvalue weighted by Crippen LogP contribution is -2.23.